The molecule has 1 heterocycles. The Kier molecular flexibility index (Phi) is 2.73. The average Bonchev–Trinajstić information content (AvgIpc) is 2.58. The summed E-state index contributed by atoms with van der Waals surface area (Å²) in [5.74, 6) is 0.0662. The highest BCUT2D eigenvalue weighted by Gasteiger charge is 2.24. The van der Waals surface area contributed by atoms with Crippen LogP contribution in [-0.2, 0) is 0 Å². The van der Waals surface area contributed by atoms with Crippen LogP contribution in [0.15, 0.2) is 23.6 Å². The maximum atomic E-state index is 11.3. The Bertz CT molecular complexity index is 552. The standard InChI is InChI=1S/C12H14O2SSi/c1-8(13)9-4-5-11-10(6-9)12(7-15-11)16(2,3)14/h4-7,14H,1-3H3. The molecule has 0 amide bonds. The van der Waals surface area contributed by atoms with Crippen LogP contribution in [0.1, 0.15) is 17.3 Å². The van der Waals surface area contributed by atoms with Crippen molar-refractivity contribution in [2.45, 2.75) is 20.0 Å². The van der Waals surface area contributed by atoms with Gasteiger partial charge in [0.1, 0.15) is 0 Å². The third-order valence-electron chi connectivity index (χ3n) is 2.64. The third kappa shape index (κ3) is 1.96. The minimum Gasteiger partial charge on any atom is -0.428 e. The number of carbonyl (C=O) groups is 1. The monoisotopic (exact) mass is 250 g/mol. The summed E-state index contributed by atoms with van der Waals surface area (Å²) < 4.78 is 1.13. The van der Waals surface area contributed by atoms with E-state index in [1.807, 2.05) is 36.7 Å². The van der Waals surface area contributed by atoms with Gasteiger partial charge in [0.05, 0.1) is 0 Å². The van der Waals surface area contributed by atoms with Crippen molar-refractivity contribution >= 4 is 40.7 Å². The molecule has 0 bridgehead atoms. The first-order valence-corrected chi connectivity index (χ1v) is 8.97. The van der Waals surface area contributed by atoms with Gasteiger partial charge in [0.15, 0.2) is 5.78 Å². The fourth-order valence-electron chi connectivity index (χ4n) is 1.72. The number of ketones is 1. The molecule has 0 aliphatic rings. The SMILES string of the molecule is CC(=O)c1ccc2scc([Si](C)(C)O)c2c1. The zero-order chi connectivity index (χ0) is 11.9. The summed E-state index contributed by atoms with van der Waals surface area (Å²) in [7, 11) is -2.30. The molecule has 0 radical (unpaired) electrons. The van der Waals surface area contributed by atoms with Gasteiger partial charge >= 0.3 is 0 Å². The molecule has 0 fully saturated rings. The highest BCUT2D eigenvalue weighted by Crippen LogP contribution is 2.23. The predicted octanol–water partition coefficient (Wildman–Crippen LogP) is 2.51. The van der Waals surface area contributed by atoms with Crippen LogP contribution >= 0.6 is 11.3 Å². The highest BCUT2D eigenvalue weighted by atomic mass is 32.1. The first-order valence-electron chi connectivity index (χ1n) is 5.14. The molecule has 0 atom stereocenters. The van der Waals surface area contributed by atoms with Crippen molar-refractivity contribution in [2.24, 2.45) is 0 Å². The van der Waals surface area contributed by atoms with Crippen molar-refractivity contribution in [3.8, 4) is 0 Å². The van der Waals surface area contributed by atoms with Gasteiger partial charge in [-0.05, 0) is 54.2 Å². The molecule has 0 saturated carbocycles. The van der Waals surface area contributed by atoms with Gasteiger partial charge in [-0.15, -0.1) is 11.3 Å². The lowest BCUT2D eigenvalue weighted by molar-refractivity contribution is 0.101. The fraction of sp³-hybridized carbons (Fsp3) is 0.250. The van der Waals surface area contributed by atoms with Crippen LogP contribution in [0.5, 0.6) is 0 Å². The summed E-state index contributed by atoms with van der Waals surface area (Å²) in [6, 6.07) is 5.70. The summed E-state index contributed by atoms with van der Waals surface area (Å²) in [5.41, 5.74) is 0.713. The predicted molar refractivity (Wildman–Crippen MR) is 71.2 cm³/mol. The van der Waals surface area contributed by atoms with E-state index in [-0.39, 0.29) is 5.78 Å². The summed E-state index contributed by atoms with van der Waals surface area (Å²) in [6.07, 6.45) is 0. The second kappa shape index (κ2) is 3.80. The van der Waals surface area contributed by atoms with E-state index in [4.69, 9.17) is 0 Å². The Balaban J connectivity index is 2.70. The number of hydrogen-bond acceptors (Lipinski definition) is 3. The van der Waals surface area contributed by atoms with E-state index in [0.29, 0.717) is 5.56 Å². The molecule has 1 aromatic heterocycles. The van der Waals surface area contributed by atoms with Crippen molar-refractivity contribution in [3.63, 3.8) is 0 Å². The molecule has 0 aliphatic carbocycles. The summed E-state index contributed by atoms with van der Waals surface area (Å²) >= 11 is 1.62. The first-order chi connectivity index (χ1) is 7.39. The third-order valence-corrected chi connectivity index (χ3v) is 5.54. The second-order valence-corrected chi connectivity index (χ2v) is 9.04. The number of thiophene rings is 1. The molecule has 16 heavy (non-hydrogen) atoms. The van der Waals surface area contributed by atoms with Crippen LogP contribution in [0.3, 0.4) is 0 Å². The van der Waals surface area contributed by atoms with Gasteiger partial charge in [-0.2, -0.15) is 0 Å². The fourth-order valence-corrected chi connectivity index (χ4v) is 4.82. The number of hydrogen-bond donors (Lipinski definition) is 1. The molecule has 2 nitrogen and oxygen atoms in total. The number of benzene rings is 1. The minimum atomic E-state index is -2.30. The van der Waals surface area contributed by atoms with Gasteiger partial charge in [0.2, 0.25) is 8.32 Å². The molecular weight excluding hydrogens is 236 g/mol. The molecule has 0 saturated heterocycles. The lowest BCUT2D eigenvalue weighted by atomic mass is 10.1. The van der Waals surface area contributed by atoms with Crippen molar-refractivity contribution in [1.29, 1.82) is 0 Å². The van der Waals surface area contributed by atoms with Crippen LogP contribution in [-0.4, -0.2) is 18.9 Å². The zero-order valence-corrected chi connectivity index (χ0v) is 11.4. The topological polar surface area (TPSA) is 37.3 Å². The number of carbonyl (C=O) groups excluding carboxylic acids is 1. The molecule has 4 heteroatoms. The molecular formula is C12H14O2SSi. The van der Waals surface area contributed by atoms with Gasteiger partial charge < -0.3 is 4.80 Å². The number of fused-ring (bicyclic) bond motifs is 1. The Morgan fingerprint density at radius 2 is 2.06 bits per heavy atom. The molecule has 1 N–H and O–H groups in total. The Morgan fingerprint density at radius 1 is 1.38 bits per heavy atom. The van der Waals surface area contributed by atoms with E-state index < -0.39 is 8.32 Å². The normalized spacial score (nSPS) is 12.0. The highest BCUT2D eigenvalue weighted by molar-refractivity contribution is 7.19. The molecule has 1 aromatic carbocycles. The van der Waals surface area contributed by atoms with Crippen LogP contribution in [0, 0.1) is 0 Å². The molecule has 0 unspecified atom stereocenters. The van der Waals surface area contributed by atoms with E-state index in [1.54, 1.807) is 18.3 Å². The van der Waals surface area contributed by atoms with E-state index in [0.717, 1.165) is 15.3 Å². The van der Waals surface area contributed by atoms with E-state index in [9.17, 15) is 9.59 Å². The van der Waals surface area contributed by atoms with Crippen LogP contribution < -0.4 is 5.19 Å². The van der Waals surface area contributed by atoms with Crippen molar-refractivity contribution in [1.82, 2.24) is 0 Å². The van der Waals surface area contributed by atoms with Gasteiger partial charge in [-0.3, -0.25) is 4.79 Å². The Morgan fingerprint density at radius 3 is 2.62 bits per heavy atom. The van der Waals surface area contributed by atoms with Gasteiger partial charge in [-0.25, -0.2) is 0 Å². The molecule has 0 aliphatic heterocycles. The zero-order valence-electron chi connectivity index (χ0n) is 9.57. The first kappa shape index (κ1) is 11.5. The lowest BCUT2D eigenvalue weighted by Gasteiger charge is -2.13. The minimum absolute atomic E-state index is 0.0662. The van der Waals surface area contributed by atoms with Gasteiger partial charge in [-0.1, -0.05) is 0 Å². The van der Waals surface area contributed by atoms with Crippen LogP contribution in [0.25, 0.3) is 10.1 Å². The molecule has 2 rings (SSSR count). The second-order valence-electron chi connectivity index (χ2n) is 4.48. The largest absolute Gasteiger partial charge is 0.428 e. The van der Waals surface area contributed by atoms with Crippen molar-refractivity contribution in [2.75, 3.05) is 0 Å². The summed E-state index contributed by atoms with van der Waals surface area (Å²) in [6.45, 7) is 5.36. The maximum absolute atomic E-state index is 11.3. The van der Waals surface area contributed by atoms with Crippen LogP contribution in [0.2, 0.25) is 13.1 Å². The van der Waals surface area contributed by atoms with Crippen molar-refractivity contribution in [3.05, 3.63) is 29.1 Å². The summed E-state index contributed by atoms with van der Waals surface area (Å²) in [4.78, 5) is 21.5. The lowest BCUT2D eigenvalue weighted by Crippen LogP contribution is -2.40. The average molecular weight is 250 g/mol. The molecule has 2 aromatic rings. The molecule has 0 spiro atoms. The Labute approximate surface area is 99.7 Å². The summed E-state index contributed by atoms with van der Waals surface area (Å²) in [5, 5.41) is 4.08. The molecule has 84 valence electrons. The quantitative estimate of drug-likeness (QED) is 0.657. The van der Waals surface area contributed by atoms with Crippen LogP contribution in [0.4, 0.5) is 0 Å². The van der Waals surface area contributed by atoms with E-state index in [2.05, 4.69) is 0 Å². The smallest absolute Gasteiger partial charge is 0.215 e. The number of rotatable bonds is 2. The van der Waals surface area contributed by atoms with Gasteiger partial charge in [0, 0.05) is 10.3 Å². The van der Waals surface area contributed by atoms with E-state index in [1.165, 1.54) is 0 Å². The maximum Gasteiger partial charge on any atom is 0.215 e. The van der Waals surface area contributed by atoms with E-state index >= 15 is 0 Å². The van der Waals surface area contributed by atoms with Gasteiger partial charge in [0.25, 0.3) is 0 Å². The Hall–Kier alpha value is -0.973. The van der Waals surface area contributed by atoms with Crippen molar-refractivity contribution < 1.29 is 9.59 Å². The number of Topliss-reactive ketones (excluding diaryl/α,β-unsaturated/α-hetero) is 1.